The molecule has 3 aromatic rings. The number of hydrogen-bond donors (Lipinski definition) is 0. The number of carbonyl (C=O) groups is 1. The molecule has 1 fully saturated rings. The Bertz CT molecular complexity index is 1050. The molecule has 4 rings (SSSR count). The summed E-state index contributed by atoms with van der Waals surface area (Å²) in [5, 5.41) is 4.11. The summed E-state index contributed by atoms with van der Waals surface area (Å²) in [6.07, 6.45) is 6.96. The van der Waals surface area contributed by atoms with E-state index in [4.69, 9.17) is 4.98 Å². The van der Waals surface area contributed by atoms with E-state index in [-0.39, 0.29) is 17.6 Å². The zero-order valence-electron chi connectivity index (χ0n) is 17.4. The van der Waals surface area contributed by atoms with Gasteiger partial charge in [-0.3, -0.25) is 9.48 Å². The monoisotopic (exact) mass is 408 g/mol. The minimum Gasteiger partial charge on any atom is -0.347 e. The van der Waals surface area contributed by atoms with Crippen molar-refractivity contribution in [3.8, 4) is 11.1 Å². The van der Waals surface area contributed by atoms with Crippen molar-refractivity contribution in [3.63, 3.8) is 0 Å². The van der Waals surface area contributed by atoms with E-state index >= 15 is 0 Å². The van der Waals surface area contributed by atoms with E-state index in [0.29, 0.717) is 24.6 Å². The molecule has 1 saturated heterocycles. The van der Waals surface area contributed by atoms with Crippen molar-refractivity contribution in [2.45, 2.75) is 18.8 Å². The van der Waals surface area contributed by atoms with Crippen LogP contribution in [-0.2, 0) is 7.05 Å². The Hall–Kier alpha value is -3.29. The second-order valence-electron chi connectivity index (χ2n) is 7.86. The smallest absolute Gasteiger partial charge is 0.257 e. The average Bonchev–Trinajstić information content (AvgIpc) is 3.19. The summed E-state index contributed by atoms with van der Waals surface area (Å²) in [5.41, 5.74) is 3.23. The van der Waals surface area contributed by atoms with Crippen molar-refractivity contribution >= 4 is 11.9 Å². The minimum absolute atomic E-state index is 0.0157. The van der Waals surface area contributed by atoms with E-state index in [9.17, 15) is 9.18 Å². The Balaban J connectivity index is 1.68. The summed E-state index contributed by atoms with van der Waals surface area (Å²) in [7, 11) is 5.60. The van der Waals surface area contributed by atoms with Gasteiger partial charge < -0.3 is 9.80 Å². The Labute approximate surface area is 175 Å². The number of aryl methyl sites for hydroxylation is 1. The maximum atomic E-state index is 13.4. The van der Waals surface area contributed by atoms with E-state index in [1.54, 1.807) is 42.5 Å². The van der Waals surface area contributed by atoms with Crippen LogP contribution in [-0.4, -0.2) is 57.7 Å². The molecule has 0 bridgehead atoms. The van der Waals surface area contributed by atoms with Crippen molar-refractivity contribution in [2.75, 3.05) is 32.1 Å². The van der Waals surface area contributed by atoms with Crippen molar-refractivity contribution in [2.24, 2.45) is 7.05 Å². The molecule has 0 radical (unpaired) electrons. The zero-order chi connectivity index (χ0) is 21.3. The van der Waals surface area contributed by atoms with Crippen LogP contribution in [0.2, 0.25) is 0 Å². The molecule has 1 aromatic carbocycles. The number of rotatable bonds is 4. The number of nitrogens with zero attached hydrogens (tertiary/aromatic N) is 6. The second kappa shape index (κ2) is 8.22. The largest absolute Gasteiger partial charge is 0.347 e. The van der Waals surface area contributed by atoms with E-state index < -0.39 is 0 Å². The standard InChI is InChI=1S/C22H25FN6O/c1-27(2)22-24-12-19(15-6-8-18(23)9-7-15)20(26-22)16-5-4-10-29(14-16)21(30)17-11-25-28(3)13-17/h6-9,11-13,16H,4-5,10,14H2,1-3H3. The van der Waals surface area contributed by atoms with Gasteiger partial charge in [-0.05, 0) is 30.5 Å². The Morgan fingerprint density at radius 3 is 2.63 bits per heavy atom. The SMILES string of the molecule is CN(C)c1ncc(-c2ccc(F)cc2)c(C2CCCN(C(=O)c3cnn(C)c3)C2)n1. The van der Waals surface area contributed by atoms with Gasteiger partial charge in [0, 0.05) is 58.1 Å². The normalized spacial score (nSPS) is 16.5. The van der Waals surface area contributed by atoms with E-state index in [2.05, 4.69) is 10.1 Å². The summed E-state index contributed by atoms with van der Waals surface area (Å²) in [6, 6.07) is 6.37. The van der Waals surface area contributed by atoms with Gasteiger partial charge in [0.15, 0.2) is 0 Å². The topological polar surface area (TPSA) is 67.2 Å². The molecular formula is C22H25FN6O. The molecular weight excluding hydrogens is 383 g/mol. The number of aromatic nitrogens is 4. The third kappa shape index (κ3) is 4.03. The van der Waals surface area contributed by atoms with Gasteiger partial charge in [0.2, 0.25) is 5.95 Å². The molecule has 3 heterocycles. The number of anilines is 1. The first-order valence-electron chi connectivity index (χ1n) is 10.0. The quantitative estimate of drug-likeness (QED) is 0.664. The second-order valence-corrected chi connectivity index (χ2v) is 7.86. The van der Waals surface area contributed by atoms with Gasteiger partial charge in [0.05, 0.1) is 17.5 Å². The van der Waals surface area contributed by atoms with Crippen molar-refractivity contribution in [1.29, 1.82) is 0 Å². The molecule has 0 saturated carbocycles. The molecule has 1 aliphatic rings. The van der Waals surface area contributed by atoms with E-state index in [0.717, 1.165) is 29.7 Å². The molecule has 30 heavy (non-hydrogen) atoms. The lowest BCUT2D eigenvalue weighted by atomic mass is 9.89. The first kappa shape index (κ1) is 20.0. The summed E-state index contributed by atoms with van der Waals surface area (Å²) < 4.78 is 15.1. The first-order chi connectivity index (χ1) is 14.4. The highest BCUT2D eigenvalue weighted by molar-refractivity contribution is 5.93. The summed E-state index contributed by atoms with van der Waals surface area (Å²) in [6.45, 7) is 1.29. The van der Waals surface area contributed by atoms with Crippen LogP contribution in [0.15, 0.2) is 42.9 Å². The maximum absolute atomic E-state index is 13.4. The van der Waals surface area contributed by atoms with Crippen LogP contribution in [0.25, 0.3) is 11.1 Å². The third-order valence-electron chi connectivity index (χ3n) is 5.41. The van der Waals surface area contributed by atoms with Crippen molar-refractivity contribution in [3.05, 3.63) is 59.9 Å². The molecule has 7 nitrogen and oxygen atoms in total. The van der Waals surface area contributed by atoms with Gasteiger partial charge in [-0.1, -0.05) is 12.1 Å². The highest BCUT2D eigenvalue weighted by atomic mass is 19.1. The predicted molar refractivity (Wildman–Crippen MR) is 113 cm³/mol. The highest BCUT2D eigenvalue weighted by Gasteiger charge is 2.29. The Morgan fingerprint density at radius 2 is 1.97 bits per heavy atom. The van der Waals surface area contributed by atoms with Gasteiger partial charge in [-0.25, -0.2) is 14.4 Å². The highest BCUT2D eigenvalue weighted by Crippen LogP contribution is 2.34. The van der Waals surface area contributed by atoms with E-state index in [1.807, 2.05) is 23.9 Å². The molecule has 1 aliphatic heterocycles. The van der Waals surface area contributed by atoms with Crippen LogP contribution < -0.4 is 4.90 Å². The van der Waals surface area contributed by atoms with Gasteiger partial charge in [0.1, 0.15) is 5.82 Å². The lowest BCUT2D eigenvalue weighted by Gasteiger charge is -2.33. The number of hydrogen-bond acceptors (Lipinski definition) is 5. The van der Waals surface area contributed by atoms with Crippen LogP contribution in [0.3, 0.4) is 0 Å². The number of likely N-dealkylation sites (tertiary alicyclic amines) is 1. The molecule has 2 aromatic heterocycles. The lowest BCUT2D eigenvalue weighted by Crippen LogP contribution is -2.39. The van der Waals surface area contributed by atoms with Crippen LogP contribution in [0.1, 0.15) is 34.8 Å². The van der Waals surface area contributed by atoms with Gasteiger partial charge in [0.25, 0.3) is 5.91 Å². The molecule has 1 unspecified atom stereocenters. The summed E-state index contributed by atoms with van der Waals surface area (Å²) >= 11 is 0. The molecule has 0 N–H and O–H groups in total. The Morgan fingerprint density at radius 1 is 1.20 bits per heavy atom. The molecule has 0 spiro atoms. The van der Waals surface area contributed by atoms with Crippen LogP contribution >= 0.6 is 0 Å². The predicted octanol–water partition coefficient (Wildman–Crippen LogP) is 3.10. The molecule has 0 aliphatic carbocycles. The molecule has 1 amide bonds. The van der Waals surface area contributed by atoms with Crippen LogP contribution in [0, 0.1) is 5.82 Å². The van der Waals surface area contributed by atoms with Gasteiger partial charge in [-0.2, -0.15) is 5.10 Å². The fraction of sp³-hybridized carbons (Fsp3) is 0.364. The fourth-order valence-electron chi connectivity index (χ4n) is 3.86. The first-order valence-corrected chi connectivity index (χ1v) is 10.0. The lowest BCUT2D eigenvalue weighted by molar-refractivity contribution is 0.0706. The van der Waals surface area contributed by atoms with Crippen molar-refractivity contribution in [1.82, 2.24) is 24.6 Å². The minimum atomic E-state index is -0.281. The number of piperidine rings is 1. The average molecular weight is 408 g/mol. The van der Waals surface area contributed by atoms with E-state index in [1.165, 1.54) is 12.1 Å². The molecule has 8 heteroatoms. The van der Waals surface area contributed by atoms with Crippen LogP contribution in [0.5, 0.6) is 0 Å². The zero-order valence-corrected chi connectivity index (χ0v) is 17.4. The summed E-state index contributed by atoms with van der Waals surface area (Å²) in [4.78, 5) is 26.0. The fourth-order valence-corrected chi connectivity index (χ4v) is 3.86. The number of halogens is 1. The number of carbonyl (C=O) groups excluding carboxylic acids is 1. The number of amides is 1. The van der Waals surface area contributed by atoms with Crippen LogP contribution in [0.4, 0.5) is 10.3 Å². The van der Waals surface area contributed by atoms with Gasteiger partial charge >= 0.3 is 0 Å². The van der Waals surface area contributed by atoms with Gasteiger partial charge in [-0.15, -0.1) is 0 Å². The number of benzene rings is 1. The maximum Gasteiger partial charge on any atom is 0.257 e. The summed E-state index contributed by atoms with van der Waals surface area (Å²) in [5.74, 6) is 0.391. The molecule has 156 valence electrons. The van der Waals surface area contributed by atoms with Crippen molar-refractivity contribution < 1.29 is 9.18 Å². The molecule has 1 atom stereocenters. The third-order valence-corrected chi connectivity index (χ3v) is 5.41. The Kier molecular flexibility index (Phi) is 5.48.